The van der Waals surface area contributed by atoms with Crippen LogP contribution in [0.1, 0.15) is 32.8 Å². The number of carbonyl (C=O) groups excluding carboxylic acids is 1. The van der Waals surface area contributed by atoms with E-state index in [-0.39, 0.29) is 11.2 Å². The van der Waals surface area contributed by atoms with Crippen molar-refractivity contribution in [2.75, 3.05) is 12.8 Å². The minimum atomic E-state index is -0.997. The summed E-state index contributed by atoms with van der Waals surface area (Å²) in [7, 11) is -0.914. The predicted molar refractivity (Wildman–Crippen MR) is 85.6 cm³/mol. The largest absolute Gasteiger partial charge is 0.355 e. The lowest BCUT2D eigenvalue weighted by Gasteiger charge is -2.25. The first-order valence-electron chi connectivity index (χ1n) is 6.72. The molecule has 6 heteroatoms. The monoisotopic (exact) mass is 333 g/mol. The Morgan fingerprint density at radius 3 is 2.62 bits per heavy atom. The molecule has 1 rings (SSSR count). The minimum absolute atomic E-state index is 0.0145. The molecule has 0 spiro atoms. The molecule has 21 heavy (non-hydrogen) atoms. The third-order valence-corrected chi connectivity index (χ3v) is 5.18. The van der Waals surface area contributed by atoms with E-state index in [0.717, 1.165) is 0 Å². The zero-order valence-corrected chi connectivity index (χ0v) is 14.3. The highest BCUT2D eigenvalue weighted by Gasteiger charge is 2.32. The van der Waals surface area contributed by atoms with Gasteiger partial charge in [0.2, 0.25) is 5.91 Å². The molecule has 118 valence electrons. The molecule has 0 saturated carbocycles. The van der Waals surface area contributed by atoms with Crippen molar-refractivity contribution in [1.82, 2.24) is 5.32 Å². The highest BCUT2D eigenvalue weighted by molar-refractivity contribution is 7.84. The van der Waals surface area contributed by atoms with E-state index in [1.54, 1.807) is 26.2 Å². The highest BCUT2D eigenvalue weighted by atomic mass is 35.5. The van der Waals surface area contributed by atoms with Gasteiger partial charge in [0.05, 0.1) is 5.41 Å². The number of rotatable bonds is 6. The Balaban J connectivity index is 2.73. The summed E-state index contributed by atoms with van der Waals surface area (Å²) in [5, 5.41) is 3.09. The van der Waals surface area contributed by atoms with Gasteiger partial charge in [0, 0.05) is 39.4 Å². The van der Waals surface area contributed by atoms with Crippen LogP contribution in [0.25, 0.3) is 0 Å². The fraction of sp³-hybridized carbons (Fsp3) is 0.533. The summed E-state index contributed by atoms with van der Waals surface area (Å²) in [6.07, 6.45) is 2.26. The molecule has 0 aliphatic rings. The number of hydrogen-bond acceptors (Lipinski definition) is 2. The Bertz CT molecular complexity index is 548. The molecule has 1 amide bonds. The van der Waals surface area contributed by atoms with Crippen molar-refractivity contribution in [3.05, 3.63) is 34.6 Å². The fourth-order valence-corrected chi connectivity index (χ4v) is 2.50. The zero-order chi connectivity index (χ0) is 16.2. The average molecular weight is 334 g/mol. The van der Waals surface area contributed by atoms with Gasteiger partial charge in [-0.3, -0.25) is 9.00 Å². The molecule has 0 radical (unpaired) electrons. The summed E-state index contributed by atoms with van der Waals surface area (Å²) in [6, 6.07) is 4.30. The molecule has 0 bridgehead atoms. The Morgan fingerprint density at radius 2 is 2.10 bits per heavy atom. The van der Waals surface area contributed by atoms with Gasteiger partial charge < -0.3 is 5.32 Å². The van der Waals surface area contributed by atoms with Crippen LogP contribution in [0.3, 0.4) is 0 Å². The molecule has 3 nitrogen and oxygen atoms in total. The van der Waals surface area contributed by atoms with Gasteiger partial charge in [-0.1, -0.05) is 24.6 Å². The summed E-state index contributed by atoms with van der Waals surface area (Å²) < 4.78 is 25.2. The molecule has 1 aromatic carbocycles. The Hall–Kier alpha value is -0.940. The third kappa shape index (κ3) is 4.78. The van der Waals surface area contributed by atoms with Gasteiger partial charge >= 0.3 is 0 Å². The van der Waals surface area contributed by atoms with Crippen LogP contribution in [0.2, 0.25) is 5.02 Å². The molecule has 0 aromatic heterocycles. The maximum absolute atomic E-state index is 14.0. The van der Waals surface area contributed by atoms with Gasteiger partial charge in [-0.05, 0) is 32.4 Å². The molecule has 1 N–H and O–H groups in total. The van der Waals surface area contributed by atoms with E-state index in [1.165, 1.54) is 12.1 Å². The normalized spacial score (nSPS) is 14.6. The van der Waals surface area contributed by atoms with Crippen LogP contribution in [0.5, 0.6) is 0 Å². The third-order valence-electron chi connectivity index (χ3n) is 3.58. The van der Waals surface area contributed by atoms with Crippen LogP contribution in [0.15, 0.2) is 18.2 Å². The molecule has 2 unspecified atom stereocenters. The van der Waals surface area contributed by atoms with Gasteiger partial charge in [0.15, 0.2) is 0 Å². The second-order valence-corrected chi connectivity index (χ2v) is 7.84. The van der Waals surface area contributed by atoms with Crippen molar-refractivity contribution in [2.24, 2.45) is 0 Å². The van der Waals surface area contributed by atoms with E-state index in [9.17, 15) is 13.4 Å². The Kier molecular flexibility index (Phi) is 6.35. The lowest BCUT2D eigenvalue weighted by Crippen LogP contribution is -2.41. The van der Waals surface area contributed by atoms with E-state index in [1.807, 2.05) is 6.92 Å². The summed E-state index contributed by atoms with van der Waals surface area (Å²) >= 11 is 5.73. The second kappa shape index (κ2) is 7.36. The second-order valence-electron chi connectivity index (χ2n) is 5.60. The number of carbonyl (C=O) groups is 1. The van der Waals surface area contributed by atoms with Crippen LogP contribution in [0.4, 0.5) is 4.39 Å². The first kappa shape index (κ1) is 18.1. The quantitative estimate of drug-likeness (QED) is 0.869. The zero-order valence-electron chi connectivity index (χ0n) is 12.7. The molecule has 0 fully saturated rings. The standard InChI is InChI=1S/C15H21ClFNO2S/c1-10(21(4)20)7-8-18-14(19)15(2,3)12-6-5-11(16)9-13(12)17/h5-6,9-10H,7-8H2,1-4H3,(H,18,19). The lowest BCUT2D eigenvalue weighted by atomic mass is 9.83. The van der Waals surface area contributed by atoms with Gasteiger partial charge in [-0.25, -0.2) is 4.39 Å². The van der Waals surface area contributed by atoms with E-state index in [4.69, 9.17) is 11.6 Å². The number of halogens is 2. The molecule has 1 aromatic rings. The predicted octanol–water partition coefficient (Wildman–Crippen LogP) is 3.03. The molecule has 2 atom stereocenters. The maximum Gasteiger partial charge on any atom is 0.230 e. The van der Waals surface area contributed by atoms with Gasteiger partial charge in [-0.15, -0.1) is 0 Å². The lowest BCUT2D eigenvalue weighted by molar-refractivity contribution is -0.125. The van der Waals surface area contributed by atoms with Crippen LogP contribution in [0, 0.1) is 5.82 Å². The molecule has 0 aliphatic heterocycles. The first-order valence-corrected chi connectivity index (χ1v) is 8.72. The average Bonchev–Trinajstić information content (AvgIpc) is 2.37. The van der Waals surface area contributed by atoms with Crippen LogP contribution < -0.4 is 5.32 Å². The Morgan fingerprint density at radius 1 is 1.48 bits per heavy atom. The van der Waals surface area contributed by atoms with Crippen molar-refractivity contribution in [2.45, 2.75) is 37.9 Å². The van der Waals surface area contributed by atoms with Crippen LogP contribution >= 0.6 is 11.6 Å². The van der Waals surface area contributed by atoms with Crippen LogP contribution in [-0.2, 0) is 21.0 Å². The highest BCUT2D eigenvalue weighted by Crippen LogP contribution is 2.28. The van der Waals surface area contributed by atoms with Crippen molar-refractivity contribution in [1.29, 1.82) is 0 Å². The van der Waals surface area contributed by atoms with E-state index in [2.05, 4.69) is 5.32 Å². The molecule has 0 aliphatic carbocycles. The summed E-state index contributed by atoms with van der Waals surface area (Å²) in [5.74, 6) is -0.761. The topological polar surface area (TPSA) is 46.2 Å². The molecule has 0 saturated heterocycles. The first-order chi connectivity index (χ1) is 9.66. The summed E-state index contributed by atoms with van der Waals surface area (Å²) in [6.45, 7) is 5.61. The SMILES string of the molecule is CC(CCNC(=O)C(C)(C)c1ccc(Cl)cc1F)S(C)=O. The number of benzene rings is 1. The Labute approximate surface area is 132 Å². The smallest absolute Gasteiger partial charge is 0.230 e. The summed E-state index contributed by atoms with van der Waals surface area (Å²) in [5.41, 5.74) is -0.694. The van der Waals surface area contributed by atoms with E-state index >= 15 is 0 Å². The molecule has 0 heterocycles. The minimum Gasteiger partial charge on any atom is -0.355 e. The fourth-order valence-electron chi connectivity index (χ4n) is 1.89. The van der Waals surface area contributed by atoms with Gasteiger partial charge in [-0.2, -0.15) is 0 Å². The van der Waals surface area contributed by atoms with Gasteiger partial charge in [0.1, 0.15) is 5.82 Å². The summed E-state index contributed by atoms with van der Waals surface area (Å²) in [4.78, 5) is 12.3. The van der Waals surface area contributed by atoms with Crippen molar-refractivity contribution in [3.63, 3.8) is 0 Å². The van der Waals surface area contributed by atoms with Crippen LogP contribution in [-0.4, -0.2) is 28.2 Å². The van der Waals surface area contributed by atoms with E-state index < -0.39 is 22.0 Å². The maximum atomic E-state index is 14.0. The van der Waals surface area contributed by atoms with Gasteiger partial charge in [0.25, 0.3) is 0 Å². The molecular weight excluding hydrogens is 313 g/mol. The number of hydrogen-bond donors (Lipinski definition) is 1. The van der Waals surface area contributed by atoms with Crippen molar-refractivity contribution in [3.8, 4) is 0 Å². The number of nitrogens with one attached hydrogen (secondary N) is 1. The van der Waals surface area contributed by atoms with E-state index in [0.29, 0.717) is 23.6 Å². The number of amides is 1. The van der Waals surface area contributed by atoms with Crippen molar-refractivity contribution >= 4 is 28.3 Å². The molecular formula is C15H21ClFNO2S. The van der Waals surface area contributed by atoms with Crippen molar-refractivity contribution < 1.29 is 13.4 Å².